The Morgan fingerprint density at radius 1 is 0.326 bits per heavy atom. The second kappa shape index (κ2) is 26.4. The predicted octanol–water partition coefficient (Wildman–Crippen LogP) is 11.4. The van der Waals surface area contributed by atoms with Crippen molar-refractivity contribution in [3.8, 4) is 0 Å². The Labute approximate surface area is 540 Å². The fourth-order valence-corrected chi connectivity index (χ4v) is 11.2. The predicted molar refractivity (Wildman–Crippen MR) is 369 cm³/mol. The van der Waals surface area contributed by atoms with Gasteiger partial charge in [0.15, 0.2) is 0 Å². The summed E-state index contributed by atoms with van der Waals surface area (Å²) in [7, 11) is 5.95. The van der Waals surface area contributed by atoms with E-state index in [9.17, 15) is 19.2 Å². The third kappa shape index (κ3) is 14.3. The highest BCUT2D eigenvalue weighted by Crippen LogP contribution is 2.40. The van der Waals surface area contributed by atoms with Gasteiger partial charge in [-0.1, -0.05) is 132 Å². The lowest BCUT2D eigenvalue weighted by molar-refractivity contribution is -0.125. The van der Waals surface area contributed by atoms with Gasteiger partial charge >= 0.3 is 0 Å². The van der Waals surface area contributed by atoms with E-state index in [0.29, 0.717) is 67.1 Å². The number of amides is 4. The maximum atomic E-state index is 14.2. The topological polar surface area (TPSA) is 216 Å². The number of carbonyl (C=O) groups excluding carboxylic acids is 4. The summed E-state index contributed by atoms with van der Waals surface area (Å²) >= 11 is 0. The van der Waals surface area contributed by atoms with Gasteiger partial charge in [-0.15, -0.1) is 0 Å². The summed E-state index contributed by atoms with van der Waals surface area (Å²) in [5, 5.41) is 15.4. The van der Waals surface area contributed by atoms with E-state index < -0.39 is 48.0 Å². The molecule has 8 N–H and O–H groups in total. The smallest absolute Gasteiger partial charge is 0.253 e. The van der Waals surface area contributed by atoms with Gasteiger partial charge in [-0.3, -0.25) is 19.2 Å². The summed E-state index contributed by atoms with van der Waals surface area (Å²) < 4.78 is 22.3. The van der Waals surface area contributed by atoms with Gasteiger partial charge in [0.2, 0.25) is 0 Å². The number of fused-ring (bicyclic) bond motifs is 8. The molecular formula is C76H92N8O8. The second-order valence-electron chi connectivity index (χ2n) is 28.2. The van der Waals surface area contributed by atoms with E-state index in [1.54, 1.807) is 39.8 Å². The zero-order valence-electron chi connectivity index (χ0n) is 57.1. The van der Waals surface area contributed by atoms with Crippen LogP contribution >= 0.6 is 0 Å². The minimum absolute atomic E-state index is 0.265. The van der Waals surface area contributed by atoms with Crippen LogP contribution in [0.5, 0.6) is 0 Å². The minimum Gasteiger partial charge on any atom is -0.372 e. The highest BCUT2D eigenvalue weighted by molar-refractivity contribution is 6.06. The number of hydrogen-bond acceptors (Lipinski definition) is 8. The van der Waals surface area contributed by atoms with Crippen LogP contribution in [0.2, 0.25) is 0 Å². The zero-order chi connectivity index (χ0) is 67.1. The van der Waals surface area contributed by atoms with E-state index in [1.807, 2.05) is 48.5 Å². The van der Waals surface area contributed by atoms with Crippen LogP contribution in [0.3, 0.4) is 0 Å². The average molecular weight is 1250 g/mol. The van der Waals surface area contributed by atoms with Crippen molar-refractivity contribution in [2.24, 2.45) is 0 Å². The number of anilines is 4. The molecule has 0 radical (unpaired) electrons. The van der Waals surface area contributed by atoms with E-state index in [0.717, 1.165) is 66.6 Å². The van der Waals surface area contributed by atoms with Gasteiger partial charge in [-0.2, -0.15) is 0 Å². The van der Waals surface area contributed by atoms with Crippen LogP contribution in [0, 0.1) is 0 Å². The first-order valence-corrected chi connectivity index (χ1v) is 31.5. The zero-order valence-corrected chi connectivity index (χ0v) is 57.1. The van der Waals surface area contributed by atoms with Crippen LogP contribution in [0.25, 0.3) is 22.3 Å². The van der Waals surface area contributed by atoms with Gasteiger partial charge in [0.05, 0.1) is 22.7 Å². The number of benzene rings is 4. The summed E-state index contributed by atoms with van der Waals surface area (Å²) in [6.07, 6.45) is -3.30. The molecule has 4 atom stereocenters. The molecule has 0 spiro atoms. The molecule has 1 aliphatic heterocycles. The molecule has 16 nitrogen and oxygen atoms in total. The van der Waals surface area contributed by atoms with Gasteiger partial charge in [0, 0.05) is 106 Å². The number of rotatable bonds is 16. The number of H-pyrrole nitrogens is 4. The van der Waals surface area contributed by atoms with Crippen molar-refractivity contribution in [1.29, 1.82) is 0 Å². The fraction of sp³-hybridized carbons (Fsp3) is 0.368. The first kappa shape index (κ1) is 67.6. The lowest BCUT2D eigenvalue weighted by atomic mass is 9.78. The molecule has 16 heteroatoms. The Morgan fingerprint density at radius 3 is 0.783 bits per heavy atom. The highest BCUT2D eigenvalue weighted by Gasteiger charge is 2.30. The number of nitrogens with one attached hydrogen (secondary N) is 8. The molecule has 484 valence electrons. The Hall–Kier alpha value is -8.80. The highest BCUT2D eigenvalue weighted by atomic mass is 16.5. The molecule has 0 aliphatic carbocycles. The Kier molecular flexibility index (Phi) is 19.4. The van der Waals surface area contributed by atoms with Crippen LogP contribution in [-0.2, 0) is 59.8 Å². The van der Waals surface area contributed by atoms with Gasteiger partial charge in [0.1, 0.15) is 24.4 Å². The van der Waals surface area contributed by atoms with Crippen LogP contribution < -0.4 is 42.7 Å². The molecule has 8 aromatic rings. The van der Waals surface area contributed by atoms with Crippen molar-refractivity contribution < 1.29 is 38.1 Å². The van der Waals surface area contributed by atoms with Crippen molar-refractivity contribution in [2.75, 3.05) is 49.7 Å². The third-order valence-electron chi connectivity index (χ3n) is 17.4. The van der Waals surface area contributed by atoms with E-state index >= 15 is 0 Å². The third-order valence-corrected chi connectivity index (χ3v) is 17.4. The molecule has 0 saturated heterocycles. The maximum Gasteiger partial charge on any atom is 0.253 e. The summed E-state index contributed by atoms with van der Waals surface area (Å²) in [6, 6.07) is 40.8. The standard InChI is InChI=1S/C76H92N8O8/c1-41(89-17)69(85)81-51-23-21-24-52(82-70(86)42(2)90-18)65(51)67-59-31-27-55(77-59)63(45-35-47(73(5,6)7)39-48(36-45)74(8,9)10)57-29-33-61(79-57)68(66-53(83-71(87)43(3)91-19)25-22-26-54(66)84-72(88)44(4)92-20)62-34-30-58(80-62)64(56-28-32-60(67)78-56)46-37-49(75(11,12)13)40-50(38-46)76(14,15)16/h21-44,77-80H,1-20H3,(H,81,85)(H,82,86)(H,83,87)(H,84,88)/t41-,42-,43-,44-/m0/s1. The lowest BCUT2D eigenvalue weighted by Gasteiger charge is -2.26. The van der Waals surface area contributed by atoms with Crippen LogP contribution in [0.1, 0.15) is 178 Å². The van der Waals surface area contributed by atoms with Gasteiger partial charge in [0.25, 0.3) is 23.6 Å². The quantitative estimate of drug-likeness (QED) is 0.0464. The monoisotopic (exact) mass is 1240 g/mol. The molecule has 0 unspecified atom stereocenters. The van der Waals surface area contributed by atoms with Crippen molar-refractivity contribution in [2.45, 2.75) is 157 Å². The second-order valence-corrected chi connectivity index (χ2v) is 28.2. The molecule has 4 amide bonds. The molecule has 4 aromatic heterocycles. The normalized spacial score (nSPS) is 14.4. The summed E-state index contributed by atoms with van der Waals surface area (Å²) in [4.78, 5) is 72.4. The molecule has 4 aromatic carbocycles. The molecule has 8 bridgehead atoms. The van der Waals surface area contributed by atoms with E-state index in [-0.39, 0.29) is 21.7 Å². The largest absolute Gasteiger partial charge is 0.372 e. The number of carbonyl (C=O) groups is 4. The first-order chi connectivity index (χ1) is 43.2. The summed E-state index contributed by atoms with van der Waals surface area (Å²) in [6.45, 7) is 33.3. The van der Waals surface area contributed by atoms with Gasteiger partial charge in [-0.05, 0) is 156 Å². The van der Waals surface area contributed by atoms with Crippen molar-refractivity contribution >= 4 is 68.7 Å². The van der Waals surface area contributed by atoms with Crippen molar-refractivity contribution in [3.05, 3.63) is 210 Å². The summed E-state index contributed by atoms with van der Waals surface area (Å²) in [5.41, 5.74) is 13.7. The Bertz CT molecular complexity index is 3960. The molecular weight excluding hydrogens is 1150 g/mol. The van der Waals surface area contributed by atoms with Crippen molar-refractivity contribution in [1.82, 2.24) is 19.9 Å². The van der Waals surface area contributed by atoms with E-state index in [2.05, 4.69) is 185 Å². The Balaban J connectivity index is 1.54. The summed E-state index contributed by atoms with van der Waals surface area (Å²) in [5.74, 6) is -1.56. The number of ether oxygens (including phenoxy) is 4. The molecule has 0 saturated carbocycles. The van der Waals surface area contributed by atoms with Gasteiger partial charge in [-0.25, -0.2) is 0 Å². The molecule has 92 heavy (non-hydrogen) atoms. The molecule has 0 fully saturated rings. The molecule has 5 heterocycles. The van der Waals surface area contributed by atoms with Gasteiger partial charge < -0.3 is 60.2 Å². The SMILES string of the molecule is CO[C@@H](C)C(=O)Nc1cccc(NC(=O)[C@H](C)OC)c1C1=c2ccc([nH]2)=C(c2cc(C(C)(C)C)cc(C(C)(C)C)c2)c2ccc([nH]2)C(c2c(NC(=O)[C@H](C)OC)cccc2NC(=O)[C@H](C)OC)=c2ccc([nH]2)=C(c2cc(C(C)(C)C)cc(C(C)(C)C)c2)c2ccc1[nH]2. The lowest BCUT2D eigenvalue weighted by Crippen LogP contribution is -2.29. The van der Waals surface area contributed by atoms with E-state index in [4.69, 9.17) is 18.9 Å². The fourth-order valence-electron chi connectivity index (χ4n) is 11.2. The molecule has 9 rings (SSSR count). The minimum atomic E-state index is -0.825. The van der Waals surface area contributed by atoms with Crippen LogP contribution in [0.4, 0.5) is 22.7 Å². The number of methoxy groups -OCH3 is 4. The van der Waals surface area contributed by atoms with Crippen LogP contribution in [0.15, 0.2) is 121 Å². The van der Waals surface area contributed by atoms with Crippen LogP contribution in [-0.4, -0.2) is 96.4 Å². The Morgan fingerprint density at radius 2 is 0.554 bits per heavy atom. The number of aromatic nitrogens is 4. The number of hydrogen-bond donors (Lipinski definition) is 8. The van der Waals surface area contributed by atoms with Crippen molar-refractivity contribution in [3.63, 3.8) is 0 Å². The maximum absolute atomic E-state index is 14.2. The van der Waals surface area contributed by atoms with E-state index in [1.165, 1.54) is 28.4 Å². The first-order valence-electron chi connectivity index (χ1n) is 31.5. The average Bonchev–Trinajstić information content (AvgIpc) is 1.55. The number of aromatic amines is 4. The molecule has 1 aliphatic rings.